The van der Waals surface area contributed by atoms with Crippen LogP contribution in [0.15, 0.2) is 30.3 Å². The Kier molecular flexibility index (Phi) is 5.44. The molecule has 0 bridgehead atoms. The van der Waals surface area contributed by atoms with Gasteiger partial charge in [-0.05, 0) is 0 Å². The highest BCUT2D eigenvalue weighted by Crippen LogP contribution is 2.25. The number of nitrogens with one attached hydrogen (secondary N) is 2. The molecule has 0 aliphatic rings. The van der Waals surface area contributed by atoms with Gasteiger partial charge < -0.3 is 10.6 Å². The quantitative estimate of drug-likeness (QED) is 0.882. The van der Waals surface area contributed by atoms with Crippen molar-refractivity contribution in [3.63, 3.8) is 0 Å². The summed E-state index contributed by atoms with van der Waals surface area (Å²) in [6, 6.07) is 9.65. The molecule has 0 fully saturated rings. The Labute approximate surface area is 139 Å². The first-order chi connectivity index (χ1) is 10.9. The first-order valence-corrected chi connectivity index (χ1v) is 8.15. The molecular weight excluding hydrogens is 312 g/mol. The van der Waals surface area contributed by atoms with Crippen LogP contribution in [0.2, 0.25) is 0 Å². The second-order valence-corrected chi connectivity index (χ2v) is 7.06. The van der Waals surface area contributed by atoms with Gasteiger partial charge in [0.25, 0.3) is 0 Å². The van der Waals surface area contributed by atoms with Crippen molar-refractivity contribution in [3.8, 4) is 10.6 Å². The number of nitrogens with zero attached hydrogens (tertiary/aromatic N) is 2. The SMILES string of the molecule is CC(C)(C)C(=O)NCCC(=O)Nc1nnc(-c2ccccc2)s1. The largest absolute Gasteiger partial charge is 0.355 e. The fourth-order valence-corrected chi connectivity index (χ4v) is 2.47. The van der Waals surface area contributed by atoms with Crippen LogP contribution >= 0.6 is 11.3 Å². The summed E-state index contributed by atoms with van der Waals surface area (Å²) in [4.78, 5) is 23.6. The molecule has 0 saturated heterocycles. The molecular formula is C16H20N4O2S. The zero-order valence-corrected chi connectivity index (χ0v) is 14.2. The number of amides is 2. The zero-order valence-electron chi connectivity index (χ0n) is 13.4. The first kappa shape index (κ1) is 17.1. The third-order valence-electron chi connectivity index (χ3n) is 3.01. The summed E-state index contributed by atoms with van der Waals surface area (Å²) in [7, 11) is 0. The third-order valence-corrected chi connectivity index (χ3v) is 3.90. The van der Waals surface area contributed by atoms with E-state index in [-0.39, 0.29) is 18.2 Å². The van der Waals surface area contributed by atoms with Crippen molar-refractivity contribution in [1.82, 2.24) is 15.5 Å². The highest BCUT2D eigenvalue weighted by molar-refractivity contribution is 7.18. The molecule has 2 amide bonds. The Morgan fingerprint density at radius 3 is 2.48 bits per heavy atom. The average Bonchev–Trinajstić information content (AvgIpc) is 2.95. The minimum absolute atomic E-state index is 0.0763. The van der Waals surface area contributed by atoms with Crippen LogP contribution in [0.3, 0.4) is 0 Å². The number of benzene rings is 1. The van der Waals surface area contributed by atoms with E-state index < -0.39 is 5.41 Å². The van der Waals surface area contributed by atoms with Crippen LogP contribution in [0, 0.1) is 5.41 Å². The summed E-state index contributed by atoms with van der Waals surface area (Å²) in [6.45, 7) is 5.78. The second kappa shape index (κ2) is 7.32. The summed E-state index contributed by atoms with van der Waals surface area (Å²) in [5, 5.41) is 14.7. The van der Waals surface area contributed by atoms with Crippen LogP contribution in [0.25, 0.3) is 10.6 Å². The molecule has 0 saturated carbocycles. The van der Waals surface area contributed by atoms with E-state index >= 15 is 0 Å². The predicted octanol–water partition coefficient (Wildman–Crippen LogP) is 2.70. The molecule has 0 radical (unpaired) electrons. The molecule has 6 nitrogen and oxygen atoms in total. The summed E-state index contributed by atoms with van der Waals surface area (Å²) in [5.41, 5.74) is 0.503. The lowest BCUT2D eigenvalue weighted by Crippen LogP contribution is -2.36. The second-order valence-electron chi connectivity index (χ2n) is 6.08. The fraction of sp³-hybridized carbons (Fsp3) is 0.375. The van der Waals surface area contributed by atoms with Crippen LogP contribution in [0.5, 0.6) is 0 Å². The molecule has 0 aliphatic carbocycles. The molecule has 0 spiro atoms. The van der Waals surface area contributed by atoms with Gasteiger partial charge >= 0.3 is 0 Å². The zero-order chi connectivity index (χ0) is 16.9. The highest BCUT2D eigenvalue weighted by Gasteiger charge is 2.20. The summed E-state index contributed by atoms with van der Waals surface area (Å²) in [6.07, 6.45) is 0.196. The minimum atomic E-state index is -0.458. The molecule has 1 aromatic heterocycles. The van der Waals surface area contributed by atoms with E-state index in [0.29, 0.717) is 11.7 Å². The lowest BCUT2D eigenvalue weighted by atomic mass is 9.96. The summed E-state index contributed by atoms with van der Waals surface area (Å²) < 4.78 is 0. The summed E-state index contributed by atoms with van der Waals surface area (Å²) in [5.74, 6) is -0.275. The van der Waals surface area contributed by atoms with Crippen LogP contribution in [-0.4, -0.2) is 28.6 Å². The highest BCUT2D eigenvalue weighted by atomic mass is 32.1. The van der Waals surface area contributed by atoms with Crippen molar-refractivity contribution in [3.05, 3.63) is 30.3 Å². The van der Waals surface area contributed by atoms with Gasteiger partial charge in [0, 0.05) is 23.9 Å². The van der Waals surface area contributed by atoms with E-state index in [4.69, 9.17) is 0 Å². The van der Waals surface area contributed by atoms with E-state index in [1.165, 1.54) is 11.3 Å². The van der Waals surface area contributed by atoms with Crippen molar-refractivity contribution in [1.29, 1.82) is 0 Å². The van der Waals surface area contributed by atoms with Crippen LogP contribution in [-0.2, 0) is 9.59 Å². The molecule has 0 atom stereocenters. The number of aromatic nitrogens is 2. The van der Waals surface area contributed by atoms with Gasteiger partial charge in [-0.25, -0.2) is 0 Å². The van der Waals surface area contributed by atoms with Gasteiger partial charge in [0.2, 0.25) is 16.9 Å². The van der Waals surface area contributed by atoms with Crippen LogP contribution in [0.4, 0.5) is 5.13 Å². The Balaban J connectivity index is 1.82. The maximum Gasteiger partial charge on any atom is 0.227 e. The topological polar surface area (TPSA) is 84.0 Å². The number of anilines is 1. The molecule has 2 aromatic rings. The van der Waals surface area contributed by atoms with Gasteiger partial charge in [0.1, 0.15) is 5.01 Å². The van der Waals surface area contributed by atoms with E-state index in [0.717, 1.165) is 10.6 Å². The van der Waals surface area contributed by atoms with Crippen molar-refractivity contribution < 1.29 is 9.59 Å². The van der Waals surface area contributed by atoms with Gasteiger partial charge in [-0.15, -0.1) is 10.2 Å². The number of hydrogen-bond donors (Lipinski definition) is 2. The molecule has 1 aromatic carbocycles. The van der Waals surface area contributed by atoms with E-state index in [1.54, 1.807) is 0 Å². The smallest absolute Gasteiger partial charge is 0.227 e. The van der Waals surface area contributed by atoms with E-state index in [9.17, 15) is 9.59 Å². The van der Waals surface area contributed by atoms with Gasteiger partial charge in [-0.2, -0.15) is 0 Å². The molecule has 2 N–H and O–H groups in total. The van der Waals surface area contributed by atoms with E-state index in [1.807, 2.05) is 51.1 Å². The molecule has 122 valence electrons. The van der Waals surface area contributed by atoms with Crippen molar-refractivity contribution in [2.45, 2.75) is 27.2 Å². The maximum atomic E-state index is 11.9. The van der Waals surface area contributed by atoms with Crippen LogP contribution in [0.1, 0.15) is 27.2 Å². The van der Waals surface area contributed by atoms with Crippen LogP contribution < -0.4 is 10.6 Å². The molecule has 0 unspecified atom stereocenters. The van der Waals surface area contributed by atoms with Crippen molar-refractivity contribution in [2.75, 3.05) is 11.9 Å². The Morgan fingerprint density at radius 1 is 1.13 bits per heavy atom. The van der Waals surface area contributed by atoms with Crippen molar-refractivity contribution >= 4 is 28.3 Å². The number of hydrogen-bond acceptors (Lipinski definition) is 5. The standard InChI is InChI=1S/C16H20N4O2S/c1-16(2,3)14(22)17-10-9-12(21)18-15-20-19-13(23-15)11-7-5-4-6-8-11/h4-8H,9-10H2,1-3H3,(H,17,22)(H,18,20,21). The molecule has 2 rings (SSSR count). The molecule has 1 heterocycles. The predicted molar refractivity (Wildman–Crippen MR) is 91.1 cm³/mol. The Bertz CT molecular complexity index is 677. The number of rotatable bonds is 5. The monoisotopic (exact) mass is 332 g/mol. The number of carbonyl (C=O) groups is 2. The fourth-order valence-electron chi connectivity index (χ4n) is 1.71. The molecule has 23 heavy (non-hydrogen) atoms. The lowest BCUT2D eigenvalue weighted by molar-refractivity contribution is -0.128. The Morgan fingerprint density at radius 2 is 1.83 bits per heavy atom. The lowest BCUT2D eigenvalue weighted by Gasteiger charge is -2.17. The number of carbonyl (C=O) groups excluding carboxylic acids is 2. The summed E-state index contributed by atoms with van der Waals surface area (Å²) >= 11 is 1.32. The molecule has 0 aliphatic heterocycles. The van der Waals surface area contributed by atoms with E-state index in [2.05, 4.69) is 20.8 Å². The average molecular weight is 332 g/mol. The van der Waals surface area contributed by atoms with Gasteiger partial charge in [0.15, 0.2) is 0 Å². The van der Waals surface area contributed by atoms with Crippen molar-refractivity contribution in [2.24, 2.45) is 5.41 Å². The minimum Gasteiger partial charge on any atom is -0.355 e. The van der Waals surface area contributed by atoms with Gasteiger partial charge in [0.05, 0.1) is 0 Å². The third kappa shape index (κ3) is 5.14. The van der Waals surface area contributed by atoms with Gasteiger partial charge in [-0.3, -0.25) is 9.59 Å². The maximum absolute atomic E-state index is 11.9. The molecule has 7 heteroatoms. The first-order valence-electron chi connectivity index (χ1n) is 7.33. The Hall–Kier alpha value is -2.28. The van der Waals surface area contributed by atoms with Gasteiger partial charge in [-0.1, -0.05) is 62.4 Å². The normalized spacial score (nSPS) is 11.1.